The molecule has 122 valence electrons. The smallest absolute Gasteiger partial charge is 0.226 e. The van der Waals surface area contributed by atoms with Gasteiger partial charge in [-0.3, -0.25) is 0 Å². The largest absolute Gasteiger partial charge is 0.439 e. The minimum absolute atomic E-state index is 0.290. The molecule has 0 radical (unpaired) electrons. The summed E-state index contributed by atoms with van der Waals surface area (Å²) in [5, 5.41) is 3.43. The number of fused-ring (bicyclic) bond motifs is 1. The van der Waals surface area contributed by atoms with Crippen LogP contribution in [0.1, 0.15) is 17.8 Å². The Labute approximate surface area is 140 Å². The van der Waals surface area contributed by atoms with E-state index in [1.165, 1.54) is 5.69 Å². The number of aryl methyl sites for hydroxylation is 2. The van der Waals surface area contributed by atoms with Gasteiger partial charge in [-0.25, -0.2) is 9.97 Å². The van der Waals surface area contributed by atoms with Gasteiger partial charge in [-0.2, -0.15) is 4.98 Å². The van der Waals surface area contributed by atoms with E-state index in [-0.39, 0.29) is 6.04 Å². The Hall–Kier alpha value is -2.89. The highest BCUT2D eigenvalue weighted by atomic mass is 16.5. The average molecular weight is 321 g/mol. The van der Waals surface area contributed by atoms with Crippen LogP contribution in [0.25, 0.3) is 0 Å². The van der Waals surface area contributed by atoms with Crippen molar-refractivity contribution in [3.05, 3.63) is 60.3 Å². The molecule has 1 aromatic carbocycles. The van der Waals surface area contributed by atoms with Crippen molar-refractivity contribution in [3.8, 4) is 11.6 Å². The fraction of sp³-hybridized carbons (Fsp3) is 0.278. The molecule has 6 heteroatoms. The van der Waals surface area contributed by atoms with E-state index in [4.69, 9.17) is 4.74 Å². The molecule has 0 bridgehead atoms. The van der Waals surface area contributed by atoms with Crippen molar-refractivity contribution in [1.29, 1.82) is 0 Å². The van der Waals surface area contributed by atoms with E-state index >= 15 is 0 Å². The molecule has 0 fully saturated rings. The lowest BCUT2D eigenvalue weighted by atomic mass is 10.1. The summed E-state index contributed by atoms with van der Waals surface area (Å²) in [5.74, 6) is 1.92. The summed E-state index contributed by atoms with van der Waals surface area (Å²) in [6.45, 7) is 2.82. The van der Waals surface area contributed by atoms with Gasteiger partial charge in [0.05, 0.1) is 6.33 Å². The summed E-state index contributed by atoms with van der Waals surface area (Å²) in [5.41, 5.74) is 2.16. The Morgan fingerprint density at radius 1 is 1.21 bits per heavy atom. The first-order valence-corrected chi connectivity index (χ1v) is 8.10. The summed E-state index contributed by atoms with van der Waals surface area (Å²) >= 11 is 0. The van der Waals surface area contributed by atoms with Crippen molar-refractivity contribution < 1.29 is 4.74 Å². The van der Waals surface area contributed by atoms with Crippen molar-refractivity contribution in [2.75, 3.05) is 5.32 Å². The molecule has 1 aliphatic rings. The zero-order valence-electron chi connectivity index (χ0n) is 13.5. The summed E-state index contributed by atoms with van der Waals surface area (Å²) in [7, 11) is 0. The maximum atomic E-state index is 5.83. The van der Waals surface area contributed by atoms with E-state index in [2.05, 4.69) is 24.8 Å². The summed E-state index contributed by atoms with van der Waals surface area (Å²) in [4.78, 5) is 13.2. The molecule has 0 aliphatic carbocycles. The number of hydrogen-bond donors (Lipinski definition) is 1. The standard InChI is InChI=1S/C18H19N5O/c1-13-9-17(24-16-5-3-2-4-6-16)22-18(20-13)21-14-7-8-15-10-19-12-23(15)11-14/h2-6,9-10,12,14H,7-8,11H2,1H3,(H,20,21,22). The zero-order chi connectivity index (χ0) is 16.4. The highest BCUT2D eigenvalue weighted by molar-refractivity contribution is 5.34. The van der Waals surface area contributed by atoms with Crippen LogP contribution in [-0.4, -0.2) is 25.6 Å². The number of anilines is 1. The summed E-state index contributed by atoms with van der Waals surface area (Å²) in [6.07, 6.45) is 5.87. The lowest BCUT2D eigenvalue weighted by molar-refractivity contribution is 0.457. The van der Waals surface area contributed by atoms with Crippen molar-refractivity contribution in [2.24, 2.45) is 0 Å². The molecule has 0 amide bonds. The second-order valence-electron chi connectivity index (χ2n) is 6.00. The first-order chi connectivity index (χ1) is 11.8. The molecule has 0 spiro atoms. The van der Waals surface area contributed by atoms with E-state index in [0.29, 0.717) is 11.8 Å². The molecule has 0 saturated heterocycles. The Morgan fingerprint density at radius 3 is 2.96 bits per heavy atom. The summed E-state index contributed by atoms with van der Waals surface area (Å²) in [6, 6.07) is 11.8. The van der Waals surface area contributed by atoms with Crippen LogP contribution in [0.3, 0.4) is 0 Å². The fourth-order valence-electron chi connectivity index (χ4n) is 2.94. The number of imidazole rings is 1. The number of aromatic nitrogens is 4. The van der Waals surface area contributed by atoms with Crippen LogP contribution in [0.15, 0.2) is 48.9 Å². The monoisotopic (exact) mass is 321 g/mol. The predicted molar refractivity (Wildman–Crippen MR) is 91.2 cm³/mol. The molecule has 1 N–H and O–H groups in total. The highest BCUT2D eigenvalue weighted by Crippen LogP contribution is 2.22. The van der Waals surface area contributed by atoms with Gasteiger partial charge >= 0.3 is 0 Å². The van der Waals surface area contributed by atoms with Crippen LogP contribution in [0.4, 0.5) is 5.95 Å². The Kier molecular flexibility index (Phi) is 3.86. The number of hydrogen-bond acceptors (Lipinski definition) is 5. The third-order valence-electron chi connectivity index (χ3n) is 4.09. The number of ether oxygens (including phenoxy) is 1. The predicted octanol–water partition coefficient (Wildman–Crippen LogP) is 3.20. The van der Waals surface area contributed by atoms with Crippen molar-refractivity contribution >= 4 is 5.95 Å². The maximum Gasteiger partial charge on any atom is 0.226 e. The van der Waals surface area contributed by atoms with Gasteiger partial charge in [-0.05, 0) is 31.9 Å². The Balaban J connectivity index is 1.49. The molecule has 1 aliphatic heterocycles. The second kappa shape index (κ2) is 6.31. The third kappa shape index (κ3) is 3.22. The van der Waals surface area contributed by atoms with Crippen LogP contribution < -0.4 is 10.1 Å². The molecule has 1 unspecified atom stereocenters. The van der Waals surface area contributed by atoms with Crippen LogP contribution in [-0.2, 0) is 13.0 Å². The lowest BCUT2D eigenvalue weighted by Crippen LogP contribution is -2.31. The SMILES string of the molecule is Cc1cc(Oc2ccccc2)nc(NC2CCc3cncn3C2)n1. The van der Waals surface area contributed by atoms with Gasteiger partial charge in [0.15, 0.2) is 0 Å². The van der Waals surface area contributed by atoms with E-state index in [9.17, 15) is 0 Å². The number of nitrogens with zero attached hydrogens (tertiary/aromatic N) is 4. The van der Waals surface area contributed by atoms with Gasteiger partial charge in [0, 0.05) is 36.2 Å². The lowest BCUT2D eigenvalue weighted by Gasteiger charge is -2.25. The Morgan fingerprint density at radius 2 is 2.08 bits per heavy atom. The van der Waals surface area contributed by atoms with Gasteiger partial charge in [0.1, 0.15) is 5.75 Å². The second-order valence-corrected chi connectivity index (χ2v) is 6.00. The molecular formula is C18H19N5O. The Bertz CT molecular complexity index is 830. The van der Waals surface area contributed by atoms with Crippen LogP contribution in [0.2, 0.25) is 0 Å². The highest BCUT2D eigenvalue weighted by Gasteiger charge is 2.19. The van der Waals surface area contributed by atoms with E-state index in [0.717, 1.165) is 30.8 Å². The third-order valence-corrected chi connectivity index (χ3v) is 4.09. The van der Waals surface area contributed by atoms with Gasteiger partial charge in [0.2, 0.25) is 11.8 Å². The molecular weight excluding hydrogens is 302 g/mol. The quantitative estimate of drug-likeness (QED) is 0.799. The van der Waals surface area contributed by atoms with Crippen molar-refractivity contribution in [2.45, 2.75) is 32.4 Å². The molecule has 6 nitrogen and oxygen atoms in total. The zero-order valence-corrected chi connectivity index (χ0v) is 13.5. The molecule has 24 heavy (non-hydrogen) atoms. The van der Waals surface area contributed by atoms with Crippen LogP contribution in [0.5, 0.6) is 11.6 Å². The normalized spacial score (nSPS) is 16.5. The van der Waals surface area contributed by atoms with Gasteiger partial charge in [-0.15, -0.1) is 0 Å². The fourth-order valence-corrected chi connectivity index (χ4v) is 2.94. The minimum atomic E-state index is 0.290. The molecule has 2 aromatic heterocycles. The first kappa shape index (κ1) is 14.7. The van der Waals surface area contributed by atoms with Crippen LogP contribution >= 0.6 is 0 Å². The number of rotatable bonds is 4. The molecule has 0 saturated carbocycles. The van der Waals surface area contributed by atoms with Gasteiger partial charge in [-0.1, -0.05) is 18.2 Å². The van der Waals surface area contributed by atoms with E-state index in [1.54, 1.807) is 0 Å². The van der Waals surface area contributed by atoms with Crippen LogP contribution in [0, 0.1) is 6.92 Å². The van der Waals surface area contributed by atoms with Gasteiger partial charge in [0.25, 0.3) is 0 Å². The topological polar surface area (TPSA) is 64.9 Å². The number of nitrogens with one attached hydrogen (secondary N) is 1. The van der Waals surface area contributed by atoms with Crippen molar-refractivity contribution in [1.82, 2.24) is 19.5 Å². The summed E-state index contributed by atoms with van der Waals surface area (Å²) < 4.78 is 8.01. The minimum Gasteiger partial charge on any atom is -0.439 e. The number of para-hydroxylation sites is 1. The van der Waals surface area contributed by atoms with Gasteiger partial charge < -0.3 is 14.6 Å². The molecule has 4 rings (SSSR count). The van der Waals surface area contributed by atoms with Crippen molar-refractivity contribution in [3.63, 3.8) is 0 Å². The average Bonchev–Trinajstić information content (AvgIpc) is 3.03. The molecule has 1 atom stereocenters. The molecule has 3 heterocycles. The number of benzene rings is 1. The van der Waals surface area contributed by atoms with E-state index in [1.807, 2.05) is 55.8 Å². The maximum absolute atomic E-state index is 5.83. The molecule has 3 aromatic rings. The first-order valence-electron chi connectivity index (χ1n) is 8.10. The van der Waals surface area contributed by atoms with E-state index < -0.39 is 0 Å².